The Balaban J connectivity index is 0.000000242. The van der Waals surface area contributed by atoms with Gasteiger partial charge in [-0.3, -0.25) is 4.79 Å². The number of hydrogen-bond donors (Lipinski definition) is 2. The Labute approximate surface area is 149 Å². The molecule has 4 rings (SSSR count). The molecule has 8 nitrogen and oxygen atoms in total. The van der Waals surface area contributed by atoms with Crippen LogP contribution in [0.25, 0.3) is 16.9 Å². The molecule has 0 fully saturated rings. The summed E-state index contributed by atoms with van der Waals surface area (Å²) >= 11 is 0. The number of nitrogens with two attached hydrogens (primary N) is 1. The number of imidazole rings is 1. The van der Waals surface area contributed by atoms with Crippen LogP contribution in [0.15, 0.2) is 41.3 Å². The fourth-order valence-electron chi connectivity index (χ4n) is 2.55. The quantitative estimate of drug-likeness (QED) is 0.743. The number of hydrogen-bond acceptors (Lipinski definition) is 5. The topological polar surface area (TPSA) is 112 Å². The van der Waals surface area contributed by atoms with Crippen molar-refractivity contribution in [3.8, 4) is 17.2 Å². The van der Waals surface area contributed by atoms with Gasteiger partial charge < -0.3 is 20.2 Å². The van der Waals surface area contributed by atoms with E-state index in [0.717, 1.165) is 12.8 Å². The van der Waals surface area contributed by atoms with Gasteiger partial charge in [0, 0.05) is 18.7 Å². The van der Waals surface area contributed by atoms with E-state index in [1.54, 1.807) is 30.5 Å². The highest BCUT2D eigenvalue weighted by molar-refractivity contribution is 5.73. The van der Waals surface area contributed by atoms with Crippen LogP contribution in [0, 0.1) is 0 Å². The minimum Gasteiger partial charge on any atom is -0.454 e. The van der Waals surface area contributed by atoms with Crippen molar-refractivity contribution in [3.05, 3.63) is 47.0 Å². The molecular formula is C18H20N4O4. The number of pyridine rings is 1. The maximum absolute atomic E-state index is 12.0. The number of amides is 1. The van der Waals surface area contributed by atoms with Crippen molar-refractivity contribution in [1.82, 2.24) is 14.5 Å². The van der Waals surface area contributed by atoms with Crippen molar-refractivity contribution in [2.45, 2.75) is 26.2 Å². The lowest BCUT2D eigenvalue weighted by atomic mass is 10.2. The lowest BCUT2D eigenvalue weighted by Gasteiger charge is -2.03. The Bertz CT molecular complexity index is 977. The Morgan fingerprint density at radius 2 is 2.12 bits per heavy atom. The van der Waals surface area contributed by atoms with Gasteiger partial charge in [0.25, 0.3) is 0 Å². The zero-order valence-electron chi connectivity index (χ0n) is 14.4. The van der Waals surface area contributed by atoms with Crippen LogP contribution in [0.3, 0.4) is 0 Å². The molecule has 0 unspecified atom stereocenters. The van der Waals surface area contributed by atoms with E-state index < -0.39 is 0 Å². The highest BCUT2D eigenvalue weighted by atomic mass is 16.7. The molecule has 0 spiro atoms. The zero-order chi connectivity index (χ0) is 18.5. The normalized spacial score (nSPS) is 11.9. The molecule has 3 N–H and O–H groups in total. The van der Waals surface area contributed by atoms with Crippen molar-refractivity contribution < 1.29 is 14.3 Å². The summed E-state index contributed by atoms with van der Waals surface area (Å²) in [5.74, 6) is 1.13. The van der Waals surface area contributed by atoms with Gasteiger partial charge in [-0.15, -0.1) is 0 Å². The second-order valence-corrected chi connectivity index (χ2v) is 5.75. The number of H-pyrrole nitrogens is 1. The smallest absolute Gasteiger partial charge is 0.332 e. The molecule has 1 aromatic carbocycles. The number of aromatic amines is 1. The molecule has 26 heavy (non-hydrogen) atoms. The largest absolute Gasteiger partial charge is 0.454 e. The van der Waals surface area contributed by atoms with Gasteiger partial charge in [0.1, 0.15) is 0 Å². The van der Waals surface area contributed by atoms with Gasteiger partial charge in [0.2, 0.25) is 12.7 Å². The number of benzene rings is 1. The third-order valence-corrected chi connectivity index (χ3v) is 3.83. The predicted octanol–water partition coefficient (Wildman–Crippen LogP) is 2.10. The first kappa shape index (κ1) is 17.5. The van der Waals surface area contributed by atoms with Crippen LogP contribution in [0.2, 0.25) is 0 Å². The van der Waals surface area contributed by atoms with Crippen molar-refractivity contribution in [1.29, 1.82) is 0 Å². The van der Waals surface area contributed by atoms with Crippen LogP contribution >= 0.6 is 0 Å². The van der Waals surface area contributed by atoms with Crippen molar-refractivity contribution in [3.63, 3.8) is 0 Å². The Morgan fingerprint density at radius 3 is 2.85 bits per heavy atom. The fraction of sp³-hybridized carbons (Fsp3) is 0.278. The maximum Gasteiger partial charge on any atom is 0.332 e. The lowest BCUT2D eigenvalue weighted by molar-refractivity contribution is -0.118. The molecule has 136 valence electrons. The average molecular weight is 356 g/mol. The van der Waals surface area contributed by atoms with Crippen molar-refractivity contribution in [2.75, 3.05) is 6.79 Å². The molecule has 3 heterocycles. The lowest BCUT2D eigenvalue weighted by Crippen LogP contribution is -2.14. The van der Waals surface area contributed by atoms with Gasteiger partial charge in [-0.2, -0.15) is 0 Å². The minimum absolute atomic E-state index is 0.193. The van der Waals surface area contributed by atoms with E-state index in [-0.39, 0.29) is 18.4 Å². The Morgan fingerprint density at radius 1 is 1.31 bits per heavy atom. The zero-order valence-corrected chi connectivity index (χ0v) is 14.4. The molecule has 1 aliphatic rings. The van der Waals surface area contributed by atoms with E-state index in [9.17, 15) is 9.59 Å². The molecule has 0 atom stereocenters. The second-order valence-electron chi connectivity index (χ2n) is 5.75. The van der Waals surface area contributed by atoms with Gasteiger partial charge in [-0.05, 0) is 30.7 Å². The summed E-state index contributed by atoms with van der Waals surface area (Å²) in [7, 11) is 0. The number of nitrogens with one attached hydrogen (secondary N) is 1. The first-order valence-corrected chi connectivity index (χ1v) is 8.34. The molecule has 2 aromatic heterocycles. The van der Waals surface area contributed by atoms with Crippen molar-refractivity contribution in [2.24, 2.45) is 5.73 Å². The van der Waals surface area contributed by atoms with Gasteiger partial charge in [-0.25, -0.2) is 14.3 Å². The summed E-state index contributed by atoms with van der Waals surface area (Å²) in [6.45, 7) is 2.24. The van der Waals surface area contributed by atoms with E-state index in [1.165, 1.54) is 4.57 Å². The molecular weight excluding hydrogens is 336 g/mol. The molecule has 1 amide bonds. The van der Waals surface area contributed by atoms with E-state index >= 15 is 0 Å². The minimum atomic E-state index is -0.229. The summed E-state index contributed by atoms with van der Waals surface area (Å²) in [6, 6.07) is 8.95. The Hall–Kier alpha value is -3.29. The maximum atomic E-state index is 12.0. The third kappa shape index (κ3) is 3.69. The first-order chi connectivity index (χ1) is 12.6. The van der Waals surface area contributed by atoms with E-state index in [4.69, 9.17) is 15.2 Å². The summed E-state index contributed by atoms with van der Waals surface area (Å²) in [6.07, 6.45) is 4.16. The monoisotopic (exact) mass is 356 g/mol. The van der Waals surface area contributed by atoms with E-state index in [0.29, 0.717) is 34.8 Å². The molecule has 0 saturated heterocycles. The van der Waals surface area contributed by atoms with Crippen LogP contribution in [0.5, 0.6) is 11.5 Å². The molecule has 0 radical (unpaired) electrons. The van der Waals surface area contributed by atoms with Gasteiger partial charge in [-0.1, -0.05) is 13.3 Å². The average Bonchev–Trinajstić information content (AvgIpc) is 3.22. The fourth-order valence-corrected chi connectivity index (χ4v) is 2.55. The number of carbonyl (C=O) groups is 1. The number of primary amides is 1. The summed E-state index contributed by atoms with van der Waals surface area (Å²) in [5, 5.41) is 0. The van der Waals surface area contributed by atoms with E-state index in [1.807, 2.05) is 13.0 Å². The van der Waals surface area contributed by atoms with Crippen LogP contribution in [-0.4, -0.2) is 27.2 Å². The third-order valence-electron chi connectivity index (χ3n) is 3.83. The van der Waals surface area contributed by atoms with Gasteiger partial charge in [0.05, 0.1) is 11.2 Å². The summed E-state index contributed by atoms with van der Waals surface area (Å²) in [4.78, 5) is 29.0. The highest BCUT2D eigenvalue weighted by Crippen LogP contribution is 2.33. The standard InChI is InChI=1S/C13H9N3O3.C5H11NO/c17-13-15-9-2-1-5-14-12(9)16(13)8-3-4-10-11(6-8)19-7-18-10;1-2-3-4-5(6)7/h1-6H,7H2,(H,15,17);2-4H2,1H3,(H2,6,7). The first-order valence-electron chi connectivity index (χ1n) is 8.34. The van der Waals surface area contributed by atoms with Gasteiger partial charge >= 0.3 is 5.69 Å². The number of carbonyl (C=O) groups excluding carboxylic acids is 1. The molecule has 0 bridgehead atoms. The van der Waals surface area contributed by atoms with Crippen molar-refractivity contribution >= 4 is 17.1 Å². The molecule has 1 aliphatic heterocycles. The van der Waals surface area contributed by atoms with Crippen LogP contribution in [0.4, 0.5) is 0 Å². The number of nitrogens with zero attached hydrogens (tertiary/aromatic N) is 2. The second kappa shape index (κ2) is 7.73. The summed E-state index contributed by atoms with van der Waals surface area (Å²) in [5.41, 5.74) is 6.59. The van der Waals surface area contributed by atoms with Crippen LogP contribution in [-0.2, 0) is 4.79 Å². The van der Waals surface area contributed by atoms with Gasteiger partial charge in [0.15, 0.2) is 17.1 Å². The van der Waals surface area contributed by atoms with Crippen LogP contribution in [0.1, 0.15) is 26.2 Å². The number of aromatic nitrogens is 3. The highest BCUT2D eigenvalue weighted by Gasteiger charge is 2.16. The number of unbranched alkanes of at least 4 members (excludes halogenated alkanes) is 1. The molecule has 3 aromatic rings. The molecule has 0 aliphatic carbocycles. The number of ether oxygens (including phenoxy) is 2. The Kier molecular flexibility index (Phi) is 5.21. The molecule has 0 saturated carbocycles. The SMILES string of the molecule is CCCCC(N)=O.O=c1[nH]c2cccnc2n1-c1ccc2c(c1)OCO2. The number of rotatable bonds is 4. The molecule has 8 heteroatoms. The number of fused-ring (bicyclic) bond motifs is 2. The van der Waals surface area contributed by atoms with Crippen LogP contribution < -0.4 is 20.9 Å². The predicted molar refractivity (Wildman–Crippen MR) is 96.5 cm³/mol. The van der Waals surface area contributed by atoms with E-state index in [2.05, 4.69) is 9.97 Å². The summed E-state index contributed by atoms with van der Waals surface area (Å²) < 4.78 is 12.1.